The van der Waals surface area contributed by atoms with Gasteiger partial charge in [-0.2, -0.15) is 0 Å². The molecule has 0 bridgehead atoms. The maximum atomic E-state index is 12.6. The number of benzene rings is 1. The summed E-state index contributed by atoms with van der Waals surface area (Å²) in [5.74, 6) is -0.444. The molecule has 0 unspecified atom stereocenters. The molecule has 124 valence electrons. The van der Waals surface area contributed by atoms with Crippen LogP contribution in [0.5, 0.6) is 0 Å². The first-order valence-corrected chi connectivity index (χ1v) is 8.43. The molecule has 2 aliphatic rings. The van der Waals surface area contributed by atoms with Gasteiger partial charge in [0, 0.05) is 6.04 Å². The lowest BCUT2D eigenvalue weighted by Gasteiger charge is -2.22. The molecule has 1 atom stereocenters. The smallest absolute Gasteiger partial charge is 0.245 e. The van der Waals surface area contributed by atoms with Crippen LogP contribution in [0.25, 0.3) is 0 Å². The van der Waals surface area contributed by atoms with Crippen molar-refractivity contribution >= 4 is 11.8 Å². The molecule has 0 saturated heterocycles. The van der Waals surface area contributed by atoms with Gasteiger partial charge in [0.2, 0.25) is 11.8 Å². The molecular formula is C18H24N2O3. The topological polar surface area (TPSA) is 78.4 Å². The van der Waals surface area contributed by atoms with Crippen molar-refractivity contribution in [3.8, 4) is 0 Å². The molecule has 0 radical (unpaired) electrons. The second-order valence-corrected chi connectivity index (χ2v) is 6.65. The average molecular weight is 316 g/mol. The molecule has 23 heavy (non-hydrogen) atoms. The predicted octanol–water partition coefficient (Wildman–Crippen LogP) is 1.25. The van der Waals surface area contributed by atoms with Crippen molar-refractivity contribution in [1.29, 1.82) is 0 Å². The first kappa shape index (κ1) is 16.0. The number of amides is 2. The highest BCUT2D eigenvalue weighted by Gasteiger charge is 2.51. The lowest BCUT2D eigenvalue weighted by atomic mass is 9.94. The third-order valence-corrected chi connectivity index (χ3v) is 5.02. The van der Waals surface area contributed by atoms with E-state index in [0.29, 0.717) is 0 Å². The second-order valence-electron chi connectivity index (χ2n) is 6.65. The van der Waals surface area contributed by atoms with Crippen LogP contribution in [0.15, 0.2) is 30.3 Å². The number of carbonyl (C=O) groups is 2. The summed E-state index contributed by atoms with van der Waals surface area (Å²) in [6.45, 7) is -0.380. The van der Waals surface area contributed by atoms with Gasteiger partial charge in [-0.1, -0.05) is 43.2 Å². The molecule has 0 heterocycles. The van der Waals surface area contributed by atoms with Gasteiger partial charge in [0.25, 0.3) is 0 Å². The molecule has 1 aromatic carbocycles. The summed E-state index contributed by atoms with van der Waals surface area (Å²) < 4.78 is 0. The highest BCUT2D eigenvalue weighted by molar-refractivity contribution is 5.95. The van der Waals surface area contributed by atoms with E-state index in [1.54, 1.807) is 0 Å². The fourth-order valence-electron chi connectivity index (χ4n) is 3.39. The fraction of sp³-hybridized carbons (Fsp3) is 0.556. The van der Waals surface area contributed by atoms with E-state index in [2.05, 4.69) is 10.6 Å². The molecular weight excluding hydrogens is 292 g/mol. The summed E-state index contributed by atoms with van der Waals surface area (Å²) in [6, 6.07) is 8.95. The summed E-state index contributed by atoms with van der Waals surface area (Å²) in [7, 11) is 0. The van der Waals surface area contributed by atoms with Crippen LogP contribution in [0, 0.1) is 0 Å². The number of nitrogens with one attached hydrogen (secondary N) is 2. The SMILES string of the molecule is O=C(NC1CCCC1)[C@H](CO)NC(=O)C1(c2ccccc2)CC1. The van der Waals surface area contributed by atoms with Crippen LogP contribution in [-0.4, -0.2) is 35.6 Å². The Kier molecular flexibility index (Phi) is 4.66. The standard InChI is InChI=1S/C18H24N2O3/c21-12-15(16(22)19-14-8-4-5-9-14)20-17(23)18(10-11-18)13-6-2-1-3-7-13/h1-3,6-7,14-15,21H,4-5,8-12H2,(H,19,22)(H,20,23)/t15-/m0/s1. The Bertz CT molecular complexity index is 563. The van der Waals surface area contributed by atoms with E-state index in [1.165, 1.54) is 0 Å². The van der Waals surface area contributed by atoms with Gasteiger partial charge in [0.05, 0.1) is 12.0 Å². The Hall–Kier alpha value is -1.88. The lowest BCUT2D eigenvalue weighted by Crippen LogP contribution is -2.53. The van der Waals surface area contributed by atoms with E-state index in [-0.39, 0.29) is 24.5 Å². The van der Waals surface area contributed by atoms with E-state index < -0.39 is 11.5 Å². The van der Waals surface area contributed by atoms with Crippen LogP contribution in [0.3, 0.4) is 0 Å². The van der Waals surface area contributed by atoms with Crippen molar-refractivity contribution in [1.82, 2.24) is 10.6 Å². The summed E-state index contributed by atoms with van der Waals surface area (Å²) in [5.41, 5.74) is 0.452. The second kappa shape index (κ2) is 6.71. The van der Waals surface area contributed by atoms with E-state index in [1.807, 2.05) is 30.3 Å². The molecule has 0 aromatic heterocycles. The molecule has 3 rings (SSSR count). The van der Waals surface area contributed by atoms with Gasteiger partial charge in [-0.25, -0.2) is 0 Å². The molecule has 0 aliphatic heterocycles. The number of aliphatic hydroxyl groups is 1. The highest BCUT2D eigenvalue weighted by Crippen LogP contribution is 2.48. The van der Waals surface area contributed by atoms with Gasteiger partial charge in [0.1, 0.15) is 6.04 Å². The minimum absolute atomic E-state index is 0.163. The molecule has 2 aliphatic carbocycles. The molecule has 1 aromatic rings. The third-order valence-electron chi connectivity index (χ3n) is 5.02. The molecule has 5 heteroatoms. The maximum absolute atomic E-state index is 12.6. The van der Waals surface area contributed by atoms with Gasteiger partial charge < -0.3 is 15.7 Å². The van der Waals surface area contributed by atoms with Gasteiger partial charge in [0.15, 0.2) is 0 Å². The van der Waals surface area contributed by atoms with E-state index in [0.717, 1.165) is 44.1 Å². The van der Waals surface area contributed by atoms with Gasteiger partial charge >= 0.3 is 0 Å². The number of rotatable bonds is 6. The number of carbonyl (C=O) groups excluding carboxylic acids is 2. The zero-order chi connectivity index (χ0) is 16.3. The van der Waals surface area contributed by atoms with Gasteiger partial charge in [-0.05, 0) is 31.2 Å². The van der Waals surface area contributed by atoms with Crippen LogP contribution in [0.1, 0.15) is 44.1 Å². The summed E-state index contributed by atoms with van der Waals surface area (Å²) in [4.78, 5) is 24.9. The molecule has 0 spiro atoms. The van der Waals surface area contributed by atoms with Crippen LogP contribution < -0.4 is 10.6 Å². The molecule has 2 amide bonds. The largest absolute Gasteiger partial charge is 0.394 e. The molecule has 5 nitrogen and oxygen atoms in total. The average Bonchev–Trinajstić information content (AvgIpc) is 3.24. The molecule has 3 N–H and O–H groups in total. The minimum Gasteiger partial charge on any atom is -0.394 e. The van der Waals surface area contributed by atoms with E-state index in [4.69, 9.17) is 0 Å². The Morgan fingerprint density at radius 3 is 2.39 bits per heavy atom. The van der Waals surface area contributed by atoms with E-state index >= 15 is 0 Å². The highest BCUT2D eigenvalue weighted by atomic mass is 16.3. The van der Waals surface area contributed by atoms with Crippen molar-refractivity contribution in [2.24, 2.45) is 0 Å². The Balaban J connectivity index is 1.62. The Morgan fingerprint density at radius 1 is 1.17 bits per heavy atom. The maximum Gasteiger partial charge on any atom is 0.245 e. The first-order chi connectivity index (χ1) is 11.2. The zero-order valence-electron chi connectivity index (χ0n) is 13.3. The Morgan fingerprint density at radius 2 is 1.83 bits per heavy atom. The number of hydrogen-bond acceptors (Lipinski definition) is 3. The fourth-order valence-corrected chi connectivity index (χ4v) is 3.39. The first-order valence-electron chi connectivity index (χ1n) is 8.43. The van der Waals surface area contributed by atoms with Gasteiger partial charge in [-0.15, -0.1) is 0 Å². The lowest BCUT2D eigenvalue weighted by molar-refractivity contribution is -0.131. The summed E-state index contributed by atoms with van der Waals surface area (Å²) >= 11 is 0. The Labute approximate surface area is 136 Å². The van der Waals surface area contributed by atoms with Gasteiger partial charge in [-0.3, -0.25) is 9.59 Å². The predicted molar refractivity (Wildman–Crippen MR) is 86.8 cm³/mol. The van der Waals surface area contributed by atoms with Crippen LogP contribution in [0.4, 0.5) is 0 Å². The van der Waals surface area contributed by atoms with Crippen LogP contribution in [0.2, 0.25) is 0 Å². The summed E-state index contributed by atoms with van der Waals surface area (Å²) in [5, 5.41) is 15.2. The van der Waals surface area contributed by atoms with Crippen LogP contribution >= 0.6 is 0 Å². The normalized spacial score (nSPS) is 20.7. The van der Waals surface area contributed by atoms with E-state index in [9.17, 15) is 14.7 Å². The number of hydrogen-bond donors (Lipinski definition) is 3. The number of aliphatic hydroxyl groups excluding tert-OH is 1. The van der Waals surface area contributed by atoms with Crippen molar-refractivity contribution in [2.75, 3.05) is 6.61 Å². The minimum atomic E-state index is -0.871. The van der Waals surface area contributed by atoms with Crippen molar-refractivity contribution in [3.05, 3.63) is 35.9 Å². The van der Waals surface area contributed by atoms with Crippen molar-refractivity contribution in [2.45, 2.75) is 56.0 Å². The molecule has 2 saturated carbocycles. The van der Waals surface area contributed by atoms with Crippen molar-refractivity contribution in [3.63, 3.8) is 0 Å². The summed E-state index contributed by atoms with van der Waals surface area (Å²) in [6.07, 6.45) is 5.77. The quantitative estimate of drug-likeness (QED) is 0.739. The molecule has 2 fully saturated rings. The monoisotopic (exact) mass is 316 g/mol. The van der Waals surface area contributed by atoms with Crippen molar-refractivity contribution < 1.29 is 14.7 Å². The zero-order valence-corrected chi connectivity index (χ0v) is 13.3. The third kappa shape index (κ3) is 3.39. The van der Waals surface area contributed by atoms with Crippen LogP contribution in [-0.2, 0) is 15.0 Å².